The van der Waals surface area contributed by atoms with Gasteiger partial charge in [0, 0.05) is 23.2 Å². The number of anilines is 1. The number of nitrogens with one attached hydrogen (secondary N) is 1. The molecule has 0 spiro atoms. The van der Waals surface area contributed by atoms with Gasteiger partial charge in [0.15, 0.2) is 0 Å². The maximum Gasteiger partial charge on any atom is 0.228 e. The zero-order valence-electron chi connectivity index (χ0n) is 16.8. The van der Waals surface area contributed by atoms with Gasteiger partial charge in [0.2, 0.25) is 5.91 Å². The zero-order valence-corrected chi connectivity index (χ0v) is 18.3. The van der Waals surface area contributed by atoms with Gasteiger partial charge in [0.1, 0.15) is 11.5 Å². The number of likely N-dealkylation sites (tertiary alicyclic amines) is 1. The predicted octanol–water partition coefficient (Wildman–Crippen LogP) is 6.09. The van der Waals surface area contributed by atoms with E-state index in [4.69, 9.17) is 4.74 Å². The number of halogens is 1. The monoisotopic (exact) mass is 464 g/mol. The van der Waals surface area contributed by atoms with E-state index in [-0.39, 0.29) is 11.8 Å². The summed E-state index contributed by atoms with van der Waals surface area (Å²) in [5.74, 6) is 1.64. The molecule has 1 heterocycles. The molecule has 1 aliphatic rings. The molecule has 1 unspecified atom stereocenters. The van der Waals surface area contributed by atoms with Crippen molar-refractivity contribution in [3.8, 4) is 11.5 Å². The minimum Gasteiger partial charge on any atom is -0.457 e. The molecular weight excluding hydrogens is 440 g/mol. The Bertz CT molecular complexity index is 976. The third-order valence-electron chi connectivity index (χ3n) is 5.27. The Kier molecular flexibility index (Phi) is 6.82. The van der Waals surface area contributed by atoms with Crippen LogP contribution >= 0.6 is 15.9 Å². The first-order valence-corrected chi connectivity index (χ1v) is 11.1. The summed E-state index contributed by atoms with van der Waals surface area (Å²) in [5.41, 5.74) is 2.06. The van der Waals surface area contributed by atoms with E-state index >= 15 is 0 Å². The van der Waals surface area contributed by atoms with Gasteiger partial charge in [-0.1, -0.05) is 46.3 Å². The average Bonchev–Trinajstić information content (AvgIpc) is 2.76. The highest BCUT2D eigenvalue weighted by Crippen LogP contribution is 2.24. The Morgan fingerprint density at radius 2 is 1.77 bits per heavy atom. The van der Waals surface area contributed by atoms with Crippen LogP contribution in [0.1, 0.15) is 18.4 Å². The van der Waals surface area contributed by atoms with Gasteiger partial charge in [-0.2, -0.15) is 0 Å². The molecule has 1 amide bonds. The molecule has 5 heteroatoms. The van der Waals surface area contributed by atoms with Crippen LogP contribution in [0.4, 0.5) is 5.69 Å². The fraction of sp³-hybridized carbons (Fsp3) is 0.240. The van der Waals surface area contributed by atoms with Crippen molar-refractivity contribution >= 4 is 27.5 Å². The van der Waals surface area contributed by atoms with Gasteiger partial charge in [-0.05, 0) is 73.5 Å². The molecule has 3 aromatic rings. The first-order chi connectivity index (χ1) is 14.7. The molecule has 1 aliphatic heterocycles. The lowest BCUT2D eigenvalue weighted by atomic mass is 9.96. The van der Waals surface area contributed by atoms with E-state index in [2.05, 4.69) is 44.3 Å². The lowest BCUT2D eigenvalue weighted by Gasteiger charge is -2.32. The molecule has 30 heavy (non-hydrogen) atoms. The van der Waals surface area contributed by atoms with E-state index in [1.807, 2.05) is 60.7 Å². The molecule has 1 atom stereocenters. The number of hydrogen-bond acceptors (Lipinski definition) is 3. The Morgan fingerprint density at radius 3 is 2.53 bits per heavy atom. The van der Waals surface area contributed by atoms with Crippen molar-refractivity contribution in [3.63, 3.8) is 0 Å². The third-order valence-corrected chi connectivity index (χ3v) is 5.77. The second-order valence-corrected chi connectivity index (χ2v) is 8.55. The van der Waals surface area contributed by atoms with E-state index in [9.17, 15) is 4.79 Å². The molecule has 4 nitrogen and oxygen atoms in total. The highest BCUT2D eigenvalue weighted by Gasteiger charge is 2.25. The number of ether oxygens (including phenoxy) is 1. The fourth-order valence-electron chi connectivity index (χ4n) is 3.78. The summed E-state index contributed by atoms with van der Waals surface area (Å²) in [6, 6.07) is 25.6. The Labute approximate surface area is 186 Å². The topological polar surface area (TPSA) is 41.6 Å². The summed E-state index contributed by atoms with van der Waals surface area (Å²) in [6.45, 7) is 2.68. The summed E-state index contributed by atoms with van der Waals surface area (Å²) >= 11 is 3.53. The van der Waals surface area contributed by atoms with Crippen LogP contribution in [0.15, 0.2) is 83.3 Å². The Hall–Kier alpha value is -2.63. The van der Waals surface area contributed by atoms with E-state index in [0.29, 0.717) is 0 Å². The summed E-state index contributed by atoms with van der Waals surface area (Å²) in [4.78, 5) is 15.2. The van der Waals surface area contributed by atoms with Crippen molar-refractivity contribution in [2.75, 3.05) is 18.4 Å². The average molecular weight is 465 g/mol. The summed E-state index contributed by atoms with van der Waals surface area (Å²) in [6.07, 6.45) is 1.96. The first-order valence-electron chi connectivity index (χ1n) is 10.3. The molecule has 4 rings (SSSR count). The van der Waals surface area contributed by atoms with Gasteiger partial charge in [0.05, 0.1) is 5.92 Å². The summed E-state index contributed by atoms with van der Waals surface area (Å²) in [5, 5.41) is 3.07. The number of nitrogens with zero attached hydrogens (tertiary/aromatic N) is 1. The number of para-hydroxylation sites is 1. The smallest absolute Gasteiger partial charge is 0.228 e. The van der Waals surface area contributed by atoms with Gasteiger partial charge in [-0.15, -0.1) is 0 Å². The Morgan fingerprint density at radius 1 is 1.00 bits per heavy atom. The Balaban J connectivity index is 1.31. The number of hydrogen-bond donors (Lipinski definition) is 1. The summed E-state index contributed by atoms with van der Waals surface area (Å²) in [7, 11) is 0. The van der Waals surface area contributed by atoms with Crippen molar-refractivity contribution in [1.29, 1.82) is 0 Å². The molecule has 0 saturated carbocycles. The number of carbonyl (C=O) groups excluding carboxylic acids is 1. The minimum absolute atomic E-state index is 0.00569. The van der Waals surface area contributed by atoms with Gasteiger partial charge >= 0.3 is 0 Å². The van der Waals surface area contributed by atoms with Crippen LogP contribution in [0.3, 0.4) is 0 Å². The van der Waals surface area contributed by atoms with E-state index in [1.54, 1.807) is 0 Å². The third kappa shape index (κ3) is 5.71. The van der Waals surface area contributed by atoms with E-state index < -0.39 is 0 Å². The van der Waals surface area contributed by atoms with Crippen molar-refractivity contribution in [2.45, 2.75) is 19.4 Å². The van der Waals surface area contributed by atoms with Gasteiger partial charge in [0.25, 0.3) is 0 Å². The zero-order chi connectivity index (χ0) is 20.8. The molecular formula is C25H25BrN2O2. The molecule has 1 fully saturated rings. The van der Waals surface area contributed by atoms with Crippen LogP contribution in [0, 0.1) is 5.92 Å². The maximum absolute atomic E-state index is 12.8. The van der Waals surface area contributed by atoms with Crippen molar-refractivity contribution in [1.82, 2.24) is 4.90 Å². The van der Waals surface area contributed by atoms with Crippen molar-refractivity contribution in [3.05, 3.63) is 88.9 Å². The molecule has 0 aromatic heterocycles. The second kappa shape index (κ2) is 9.92. The van der Waals surface area contributed by atoms with Crippen LogP contribution in [-0.4, -0.2) is 23.9 Å². The minimum atomic E-state index is 0.00569. The maximum atomic E-state index is 12.8. The van der Waals surface area contributed by atoms with Crippen molar-refractivity contribution in [2.24, 2.45) is 5.92 Å². The highest BCUT2D eigenvalue weighted by atomic mass is 79.9. The number of piperidine rings is 1. The van der Waals surface area contributed by atoms with Crippen LogP contribution in [-0.2, 0) is 11.3 Å². The highest BCUT2D eigenvalue weighted by molar-refractivity contribution is 9.10. The lowest BCUT2D eigenvalue weighted by Crippen LogP contribution is -2.40. The quantitative estimate of drug-likeness (QED) is 0.479. The number of carbonyl (C=O) groups is 1. The SMILES string of the molecule is O=C(Nc1ccc(Oc2ccccc2)cc1)C1CCCN(Cc2cccc(Br)c2)C1. The first kappa shape index (κ1) is 20.6. The largest absolute Gasteiger partial charge is 0.457 e. The fourth-order valence-corrected chi connectivity index (χ4v) is 4.23. The predicted molar refractivity (Wildman–Crippen MR) is 124 cm³/mol. The molecule has 154 valence electrons. The van der Waals surface area contributed by atoms with E-state index in [0.717, 1.165) is 54.1 Å². The number of amides is 1. The summed E-state index contributed by atoms with van der Waals surface area (Å²) < 4.78 is 6.90. The molecule has 0 bridgehead atoms. The molecule has 1 saturated heterocycles. The van der Waals surface area contributed by atoms with Gasteiger partial charge < -0.3 is 10.1 Å². The van der Waals surface area contributed by atoms with Gasteiger partial charge in [-0.25, -0.2) is 0 Å². The second-order valence-electron chi connectivity index (χ2n) is 7.63. The molecule has 3 aromatic carbocycles. The van der Waals surface area contributed by atoms with Crippen LogP contribution in [0.2, 0.25) is 0 Å². The number of rotatable bonds is 6. The normalized spacial score (nSPS) is 16.8. The standard InChI is InChI=1S/C25H25BrN2O2/c26-21-8-4-6-19(16-21)17-28-15-5-7-20(18-28)25(29)27-22-11-13-24(14-12-22)30-23-9-2-1-3-10-23/h1-4,6,8-14,16,20H,5,7,15,17-18H2,(H,27,29). The van der Waals surface area contributed by atoms with Crippen molar-refractivity contribution < 1.29 is 9.53 Å². The van der Waals surface area contributed by atoms with Crippen LogP contribution in [0.5, 0.6) is 11.5 Å². The van der Waals surface area contributed by atoms with Crippen LogP contribution < -0.4 is 10.1 Å². The lowest BCUT2D eigenvalue weighted by molar-refractivity contribution is -0.121. The molecule has 0 aliphatic carbocycles. The van der Waals surface area contributed by atoms with Crippen LogP contribution in [0.25, 0.3) is 0 Å². The molecule has 0 radical (unpaired) electrons. The molecule has 1 N–H and O–H groups in total. The van der Waals surface area contributed by atoms with Gasteiger partial charge in [-0.3, -0.25) is 9.69 Å². The number of benzene rings is 3. The van der Waals surface area contributed by atoms with E-state index in [1.165, 1.54) is 5.56 Å².